The molecular formula is C12H13N3. The Morgan fingerprint density at radius 3 is 2.73 bits per heavy atom. The van der Waals surface area contributed by atoms with E-state index in [0.717, 1.165) is 12.8 Å². The minimum absolute atomic E-state index is 0.0544. The van der Waals surface area contributed by atoms with Gasteiger partial charge in [-0.25, -0.2) is 0 Å². The lowest BCUT2D eigenvalue weighted by molar-refractivity contribution is 0.416. The molecule has 2 atom stereocenters. The van der Waals surface area contributed by atoms with E-state index in [4.69, 9.17) is 10.7 Å². The Kier molecular flexibility index (Phi) is 2.42. The van der Waals surface area contributed by atoms with Gasteiger partial charge < -0.3 is 0 Å². The highest BCUT2D eigenvalue weighted by molar-refractivity contribution is 5.56. The second kappa shape index (κ2) is 3.74. The fourth-order valence-electron chi connectivity index (χ4n) is 2.30. The first kappa shape index (κ1) is 9.72. The molecule has 3 nitrogen and oxygen atoms in total. The van der Waals surface area contributed by atoms with Crippen molar-refractivity contribution in [2.75, 3.05) is 0 Å². The zero-order chi connectivity index (χ0) is 10.8. The molecule has 1 aliphatic carbocycles. The first-order valence-corrected chi connectivity index (χ1v) is 5.05. The van der Waals surface area contributed by atoms with E-state index in [2.05, 4.69) is 19.1 Å². The van der Waals surface area contributed by atoms with Gasteiger partial charge in [0.2, 0.25) is 0 Å². The van der Waals surface area contributed by atoms with Crippen LogP contribution in [0.2, 0.25) is 0 Å². The first-order valence-electron chi connectivity index (χ1n) is 5.05. The van der Waals surface area contributed by atoms with E-state index in [1.807, 2.05) is 18.3 Å². The summed E-state index contributed by atoms with van der Waals surface area (Å²) in [5.74, 6) is 0.474. The summed E-state index contributed by atoms with van der Waals surface area (Å²) < 4.78 is 0. The van der Waals surface area contributed by atoms with Crippen molar-refractivity contribution in [3.63, 3.8) is 0 Å². The number of hydrogen-bond acceptors (Lipinski definition) is 2. The van der Waals surface area contributed by atoms with Gasteiger partial charge in [-0.05, 0) is 23.5 Å². The van der Waals surface area contributed by atoms with Crippen LogP contribution in [0.15, 0.2) is 24.3 Å². The van der Waals surface area contributed by atoms with Crippen molar-refractivity contribution >= 4 is 6.34 Å². The average Bonchev–Trinajstić information content (AvgIpc) is 2.60. The van der Waals surface area contributed by atoms with Crippen molar-refractivity contribution in [2.24, 2.45) is 0 Å². The van der Waals surface area contributed by atoms with E-state index in [-0.39, 0.29) is 6.04 Å². The van der Waals surface area contributed by atoms with Gasteiger partial charge in [0.15, 0.2) is 6.19 Å². The number of nitrogens with one attached hydrogen (secondary N) is 1. The second-order valence-electron chi connectivity index (χ2n) is 3.92. The van der Waals surface area contributed by atoms with Crippen LogP contribution >= 0.6 is 0 Å². The maximum atomic E-state index is 8.92. The zero-order valence-electron chi connectivity index (χ0n) is 8.64. The monoisotopic (exact) mass is 199 g/mol. The summed E-state index contributed by atoms with van der Waals surface area (Å²) >= 11 is 0. The molecule has 1 aliphatic rings. The summed E-state index contributed by atoms with van der Waals surface area (Å²) in [7, 11) is 0. The third-order valence-electron chi connectivity index (χ3n) is 3.05. The Labute approximate surface area is 89.5 Å². The van der Waals surface area contributed by atoms with Crippen LogP contribution < -0.4 is 0 Å². The Morgan fingerprint density at radius 2 is 2.13 bits per heavy atom. The highest BCUT2D eigenvalue weighted by Crippen LogP contribution is 2.42. The Bertz CT molecular complexity index is 419. The normalized spacial score (nSPS) is 22.9. The van der Waals surface area contributed by atoms with E-state index in [1.165, 1.54) is 16.0 Å². The van der Waals surface area contributed by atoms with E-state index in [0.29, 0.717) is 5.92 Å². The molecule has 0 bridgehead atoms. The summed E-state index contributed by atoms with van der Waals surface area (Å²) in [6.45, 7) is 2.17. The molecule has 0 heterocycles. The maximum absolute atomic E-state index is 8.92. The molecule has 0 amide bonds. The zero-order valence-corrected chi connectivity index (χ0v) is 8.64. The molecule has 0 fully saturated rings. The molecule has 1 aromatic carbocycles. The molecule has 0 saturated heterocycles. The minimum Gasteiger partial charge on any atom is -0.290 e. The van der Waals surface area contributed by atoms with Crippen LogP contribution in [0, 0.1) is 16.9 Å². The predicted molar refractivity (Wildman–Crippen MR) is 58.5 cm³/mol. The van der Waals surface area contributed by atoms with Gasteiger partial charge in [-0.3, -0.25) is 10.3 Å². The SMILES string of the molecule is CC1CC(N(C#N)C=N)c2ccccc21. The third-order valence-corrected chi connectivity index (χ3v) is 3.05. The molecule has 76 valence electrons. The van der Waals surface area contributed by atoms with Crippen molar-refractivity contribution < 1.29 is 0 Å². The predicted octanol–water partition coefficient (Wildman–Crippen LogP) is 2.63. The Morgan fingerprint density at radius 1 is 1.47 bits per heavy atom. The average molecular weight is 199 g/mol. The lowest BCUT2D eigenvalue weighted by Gasteiger charge is -2.18. The Balaban J connectivity index is 2.41. The van der Waals surface area contributed by atoms with Gasteiger partial charge in [-0.2, -0.15) is 5.26 Å². The third kappa shape index (κ3) is 1.48. The summed E-state index contributed by atoms with van der Waals surface area (Å²) in [6.07, 6.45) is 4.07. The largest absolute Gasteiger partial charge is 0.290 e. The van der Waals surface area contributed by atoms with E-state index in [1.54, 1.807) is 0 Å². The fraction of sp³-hybridized carbons (Fsp3) is 0.333. The smallest absolute Gasteiger partial charge is 0.185 e. The topological polar surface area (TPSA) is 50.9 Å². The molecule has 2 rings (SSSR count). The summed E-state index contributed by atoms with van der Waals surface area (Å²) in [4.78, 5) is 1.42. The van der Waals surface area contributed by atoms with Crippen LogP contribution in [0.5, 0.6) is 0 Å². The maximum Gasteiger partial charge on any atom is 0.185 e. The highest BCUT2D eigenvalue weighted by Gasteiger charge is 2.31. The van der Waals surface area contributed by atoms with Gasteiger partial charge in [-0.1, -0.05) is 31.2 Å². The number of nitriles is 1. The molecule has 15 heavy (non-hydrogen) atoms. The van der Waals surface area contributed by atoms with Gasteiger partial charge in [0.1, 0.15) is 0 Å². The number of hydrogen-bond donors (Lipinski definition) is 1. The van der Waals surface area contributed by atoms with Crippen LogP contribution in [0.25, 0.3) is 0 Å². The fourth-order valence-corrected chi connectivity index (χ4v) is 2.30. The molecule has 0 aliphatic heterocycles. The van der Waals surface area contributed by atoms with Crippen LogP contribution in [-0.2, 0) is 0 Å². The van der Waals surface area contributed by atoms with Crippen LogP contribution in [0.1, 0.15) is 36.4 Å². The van der Waals surface area contributed by atoms with Crippen molar-refractivity contribution in [2.45, 2.75) is 25.3 Å². The van der Waals surface area contributed by atoms with Crippen molar-refractivity contribution in [3.05, 3.63) is 35.4 Å². The molecular weight excluding hydrogens is 186 g/mol. The van der Waals surface area contributed by atoms with Gasteiger partial charge in [0, 0.05) is 0 Å². The lowest BCUT2D eigenvalue weighted by atomic mass is 10.0. The van der Waals surface area contributed by atoms with E-state index >= 15 is 0 Å². The molecule has 0 spiro atoms. The number of fused-ring (bicyclic) bond motifs is 1. The van der Waals surface area contributed by atoms with Gasteiger partial charge in [0.05, 0.1) is 12.4 Å². The molecule has 0 saturated carbocycles. The van der Waals surface area contributed by atoms with Gasteiger partial charge in [0.25, 0.3) is 0 Å². The number of rotatable bonds is 2. The lowest BCUT2D eigenvalue weighted by Crippen LogP contribution is -2.20. The summed E-state index contributed by atoms with van der Waals surface area (Å²) in [5.41, 5.74) is 2.50. The first-order chi connectivity index (χ1) is 7.27. The van der Waals surface area contributed by atoms with Crippen molar-refractivity contribution in [1.82, 2.24) is 4.90 Å². The minimum atomic E-state index is 0.0544. The molecule has 1 aromatic rings. The number of nitrogens with zero attached hydrogens (tertiary/aromatic N) is 2. The van der Waals surface area contributed by atoms with Gasteiger partial charge >= 0.3 is 0 Å². The van der Waals surface area contributed by atoms with Crippen molar-refractivity contribution in [3.8, 4) is 6.19 Å². The number of benzene rings is 1. The molecule has 2 unspecified atom stereocenters. The van der Waals surface area contributed by atoms with E-state index < -0.39 is 0 Å². The van der Waals surface area contributed by atoms with Crippen LogP contribution in [-0.4, -0.2) is 11.2 Å². The quantitative estimate of drug-likeness (QED) is 0.344. The Hall–Kier alpha value is -1.82. The van der Waals surface area contributed by atoms with Crippen LogP contribution in [0.4, 0.5) is 0 Å². The van der Waals surface area contributed by atoms with E-state index in [9.17, 15) is 0 Å². The molecule has 1 N–H and O–H groups in total. The highest BCUT2D eigenvalue weighted by atomic mass is 15.2. The molecule has 0 radical (unpaired) electrons. The standard InChI is InChI=1S/C12H13N3/c1-9-6-12(15(7-13)8-14)11-5-3-2-4-10(9)11/h2-5,7,9,12-13H,6H2,1H3. The molecule has 3 heteroatoms. The van der Waals surface area contributed by atoms with Gasteiger partial charge in [-0.15, -0.1) is 0 Å². The van der Waals surface area contributed by atoms with Crippen molar-refractivity contribution in [1.29, 1.82) is 10.7 Å². The van der Waals surface area contributed by atoms with Crippen LogP contribution in [0.3, 0.4) is 0 Å². The summed E-state index contributed by atoms with van der Waals surface area (Å²) in [6, 6.07) is 8.23. The molecule has 0 aromatic heterocycles. The second-order valence-corrected chi connectivity index (χ2v) is 3.92. The summed E-state index contributed by atoms with van der Waals surface area (Å²) in [5, 5.41) is 16.1.